The SMILES string of the molecule is CC1(C)c2cc(-c3cc(-c4cccnc4)cc(-c4cc(-c5ccccc5)nc(-c5ccccc5)n4)c3)ccc2-c2cc3ccccc3c(C#N)c21. The highest BCUT2D eigenvalue weighted by Gasteiger charge is 2.38. The van der Waals surface area contributed by atoms with Crippen molar-refractivity contribution in [2.75, 3.05) is 0 Å². The number of hydrogen-bond acceptors (Lipinski definition) is 4. The van der Waals surface area contributed by atoms with Crippen molar-refractivity contribution in [2.45, 2.75) is 19.3 Å². The fourth-order valence-corrected chi connectivity index (χ4v) is 7.65. The lowest BCUT2D eigenvalue weighted by Gasteiger charge is -2.24. The van der Waals surface area contributed by atoms with Crippen LogP contribution in [0.15, 0.2) is 158 Å². The molecule has 0 aliphatic heterocycles. The van der Waals surface area contributed by atoms with E-state index in [4.69, 9.17) is 9.97 Å². The van der Waals surface area contributed by atoms with E-state index in [1.807, 2.05) is 60.8 Å². The Kier molecular flexibility index (Phi) is 7.15. The number of benzene rings is 6. The molecule has 0 unspecified atom stereocenters. The predicted octanol–water partition coefficient (Wildman–Crippen LogP) is 11.5. The van der Waals surface area contributed by atoms with Gasteiger partial charge in [-0.25, -0.2) is 9.97 Å². The molecule has 0 bridgehead atoms. The molecule has 2 heterocycles. The highest BCUT2D eigenvalue weighted by molar-refractivity contribution is 5.99. The van der Waals surface area contributed by atoms with Crippen LogP contribution in [0.5, 0.6) is 0 Å². The molecule has 0 radical (unpaired) electrons. The molecule has 1 aliphatic rings. The lowest BCUT2D eigenvalue weighted by molar-refractivity contribution is 0.659. The molecule has 0 spiro atoms. The second-order valence-corrected chi connectivity index (χ2v) is 13.6. The Labute approximate surface area is 297 Å². The highest BCUT2D eigenvalue weighted by Crippen LogP contribution is 2.52. The lowest BCUT2D eigenvalue weighted by atomic mass is 9.78. The van der Waals surface area contributed by atoms with E-state index >= 15 is 0 Å². The number of aromatic nitrogens is 3. The summed E-state index contributed by atoms with van der Waals surface area (Å²) in [5.41, 5.74) is 14.0. The Balaban J connectivity index is 1.24. The summed E-state index contributed by atoms with van der Waals surface area (Å²) >= 11 is 0. The molecule has 0 fully saturated rings. The van der Waals surface area contributed by atoms with Gasteiger partial charge in [-0.2, -0.15) is 5.26 Å². The smallest absolute Gasteiger partial charge is 0.160 e. The fourth-order valence-electron chi connectivity index (χ4n) is 7.65. The van der Waals surface area contributed by atoms with Gasteiger partial charge in [-0.15, -0.1) is 0 Å². The van der Waals surface area contributed by atoms with E-state index in [2.05, 4.69) is 116 Å². The van der Waals surface area contributed by atoms with E-state index in [9.17, 15) is 5.26 Å². The van der Waals surface area contributed by atoms with Crippen molar-refractivity contribution in [1.29, 1.82) is 5.26 Å². The van der Waals surface area contributed by atoms with Gasteiger partial charge in [0.25, 0.3) is 0 Å². The maximum atomic E-state index is 10.4. The van der Waals surface area contributed by atoms with Crippen molar-refractivity contribution >= 4 is 10.8 Å². The Morgan fingerprint density at radius 3 is 1.90 bits per heavy atom. The van der Waals surface area contributed by atoms with Gasteiger partial charge in [-0.05, 0) is 92.2 Å². The fraction of sp³-hybridized carbons (Fsp3) is 0.0638. The topological polar surface area (TPSA) is 62.5 Å². The standard InChI is InChI=1S/C47H32N4/c1-47(2)42-26-32(19-20-39(42)40-25-33-16-9-10-18-38(33)41(28-48)45(40)47)35-22-36(34-17-11-21-49-29-34)24-37(23-35)44-27-43(30-12-5-3-6-13-30)50-46(51-44)31-14-7-4-8-15-31/h3-27,29H,1-2H3. The Hall–Kier alpha value is -6.70. The van der Waals surface area contributed by atoms with Crippen molar-refractivity contribution in [3.63, 3.8) is 0 Å². The van der Waals surface area contributed by atoms with Crippen LogP contribution in [0, 0.1) is 11.3 Å². The molecule has 4 nitrogen and oxygen atoms in total. The third kappa shape index (κ3) is 5.19. The van der Waals surface area contributed by atoms with Crippen LogP contribution in [-0.4, -0.2) is 15.0 Å². The second kappa shape index (κ2) is 12.0. The maximum Gasteiger partial charge on any atom is 0.160 e. The molecule has 0 amide bonds. The minimum atomic E-state index is -0.360. The third-order valence-corrected chi connectivity index (χ3v) is 10.2. The Bertz CT molecular complexity index is 2600. The van der Waals surface area contributed by atoms with E-state index in [0.717, 1.165) is 77.8 Å². The zero-order valence-electron chi connectivity index (χ0n) is 28.3. The van der Waals surface area contributed by atoms with Crippen LogP contribution in [0.4, 0.5) is 0 Å². The summed E-state index contributed by atoms with van der Waals surface area (Å²) in [7, 11) is 0. The molecule has 0 saturated carbocycles. The maximum absolute atomic E-state index is 10.4. The molecule has 6 aromatic carbocycles. The molecule has 0 atom stereocenters. The summed E-state index contributed by atoms with van der Waals surface area (Å²) in [5, 5.41) is 12.5. The van der Waals surface area contributed by atoms with E-state index in [-0.39, 0.29) is 5.41 Å². The van der Waals surface area contributed by atoms with Gasteiger partial charge in [-0.3, -0.25) is 4.98 Å². The predicted molar refractivity (Wildman–Crippen MR) is 207 cm³/mol. The van der Waals surface area contributed by atoms with E-state index in [1.54, 1.807) is 6.20 Å². The largest absolute Gasteiger partial charge is 0.264 e. The van der Waals surface area contributed by atoms with E-state index < -0.39 is 0 Å². The summed E-state index contributed by atoms with van der Waals surface area (Å²) < 4.78 is 0. The van der Waals surface area contributed by atoms with Gasteiger partial charge < -0.3 is 0 Å². The molecular weight excluding hydrogens is 621 g/mol. The minimum Gasteiger partial charge on any atom is -0.264 e. The van der Waals surface area contributed by atoms with Gasteiger partial charge in [0, 0.05) is 40.1 Å². The average Bonchev–Trinajstić information content (AvgIpc) is 3.42. The molecular formula is C47H32N4. The zero-order chi connectivity index (χ0) is 34.5. The summed E-state index contributed by atoms with van der Waals surface area (Å²) in [6.45, 7) is 4.48. The quantitative estimate of drug-likeness (QED) is 0.186. The highest BCUT2D eigenvalue weighted by atomic mass is 14.9. The van der Waals surface area contributed by atoms with Gasteiger partial charge in [0.2, 0.25) is 0 Å². The van der Waals surface area contributed by atoms with Crippen molar-refractivity contribution in [3.05, 3.63) is 175 Å². The molecule has 8 aromatic rings. The molecule has 9 rings (SSSR count). The Morgan fingerprint density at radius 2 is 1.18 bits per heavy atom. The molecule has 51 heavy (non-hydrogen) atoms. The van der Waals surface area contributed by atoms with Gasteiger partial charge in [0.05, 0.1) is 17.0 Å². The van der Waals surface area contributed by atoms with E-state index in [1.165, 1.54) is 11.1 Å². The van der Waals surface area contributed by atoms with Crippen LogP contribution < -0.4 is 0 Å². The minimum absolute atomic E-state index is 0.360. The molecule has 0 saturated heterocycles. The monoisotopic (exact) mass is 652 g/mol. The summed E-state index contributed by atoms with van der Waals surface area (Å²) in [6.07, 6.45) is 3.71. The number of rotatable bonds is 5. The molecule has 0 N–H and O–H groups in total. The number of fused-ring (bicyclic) bond motifs is 4. The van der Waals surface area contributed by atoms with Crippen LogP contribution in [-0.2, 0) is 5.41 Å². The van der Waals surface area contributed by atoms with Crippen molar-refractivity contribution in [3.8, 4) is 73.4 Å². The van der Waals surface area contributed by atoms with Crippen LogP contribution in [0.3, 0.4) is 0 Å². The van der Waals surface area contributed by atoms with Crippen LogP contribution in [0.1, 0.15) is 30.5 Å². The Morgan fingerprint density at radius 1 is 0.529 bits per heavy atom. The number of hydrogen-bond donors (Lipinski definition) is 0. The molecule has 240 valence electrons. The average molecular weight is 653 g/mol. The van der Waals surface area contributed by atoms with Crippen molar-refractivity contribution in [1.82, 2.24) is 15.0 Å². The first kappa shape index (κ1) is 30.4. The lowest BCUT2D eigenvalue weighted by Crippen LogP contribution is -2.17. The first-order valence-corrected chi connectivity index (χ1v) is 17.2. The molecule has 2 aromatic heterocycles. The van der Waals surface area contributed by atoms with Crippen molar-refractivity contribution < 1.29 is 0 Å². The summed E-state index contributed by atoms with van der Waals surface area (Å²) in [6, 6.07) is 53.0. The molecule has 1 aliphatic carbocycles. The second-order valence-electron chi connectivity index (χ2n) is 13.6. The van der Waals surface area contributed by atoms with Gasteiger partial charge >= 0.3 is 0 Å². The van der Waals surface area contributed by atoms with Crippen LogP contribution in [0.25, 0.3) is 78.1 Å². The van der Waals surface area contributed by atoms with Gasteiger partial charge in [-0.1, -0.05) is 117 Å². The first-order valence-electron chi connectivity index (χ1n) is 17.2. The third-order valence-electron chi connectivity index (χ3n) is 10.2. The van der Waals surface area contributed by atoms with Gasteiger partial charge in [0.15, 0.2) is 5.82 Å². The van der Waals surface area contributed by atoms with Crippen LogP contribution >= 0.6 is 0 Å². The van der Waals surface area contributed by atoms with E-state index in [0.29, 0.717) is 5.82 Å². The van der Waals surface area contributed by atoms with Gasteiger partial charge in [0.1, 0.15) is 6.07 Å². The number of pyridine rings is 1. The number of nitrogens with zero attached hydrogens (tertiary/aromatic N) is 4. The molecule has 4 heteroatoms. The zero-order valence-corrected chi connectivity index (χ0v) is 28.3. The number of nitriles is 1. The summed E-state index contributed by atoms with van der Waals surface area (Å²) in [4.78, 5) is 14.6. The normalized spacial score (nSPS) is 12.6. The first-order chi connectivity index (χ1) is 25.0. The van der Waals surface area contributed by atoms with Crippen molar-refractivity contribution in [2.24, 2.45) is 0 Å². The summed E-state index contributed by atoms with van der Waals surface area (Å²) in [5.74, 6) is 0.679. The van der Waals surface area contributed by atoms with Crippen LogP contribution in [0.2, 0.25) is 0 Å².